The van der Waals surface area contributed by atoms with Crippen LogP contribution in [0.3, 0.4) is 0 Å². The molecule has 19 heavy (non-hydrogen) atoms. The molecule has 0 aliphatic rings. The molecule has 0 saturated heterocycles. The van der Waals surface area contributed by atoms with Crippen molar-refractivity contribution in [2.24, 2.45) is 5.92 Å². The molecule has 0 bridgehead atoms. The molecule has 106 valence electrons. The molecular weight excluding hydrogens is 302 g/mol. The van der Waals surface area contributed by atoms with Gasteiger partial charge in [0, 0.05) is 0 Å². The molecule has 1 aromatic rings. The number of hydrogen-bond acceptors (Lipinski definition) is 1. The summed E-state index contributed by atoms with van der Waals surface area (Å²) < 4.78 is 0. The average molecular weight is 326 g/mol. The first-order valence-electron chi connectivity index (χ1n) is 7.13. The number of benzene rings is 1. The number of nitrogens with one attached hydrogen (secondary N) is 1. The minimum Gasteiger partial charge on any atom is -0.348 e. The Labute approximate surface area is 125 Å². The summed E-state index contributed by atoms with van der Waals surface area (Å²) in [5, 5.41) is 3.20. The summed E-state index contributed by atoms with van der Waals surface area (Å²) in [5.41, 5.74) is 1.19. The van der Waals surface area contributed by atoms with Crippen LogP contribution in [0.25, 0.3) is 0 Å². The Hall–Kier alpha value is -0.830. The second kappa shape index (κ2) is 8.36. The molecule has 1 amide bonds. The molecule has 1 N–H and O–H groups in total. The summed E-state index contributed by atoms with van der Waals surface area (Å²) in [6.07, 6.45) is 2.93. The van der Waals surface area contributed by atoms with Gasteiger partial charge in [-0.05, 0) is 17.9 Å². The lowest BCUT2D eigenvalue weighted by Crippen LogP contribution is -2.37. The van der Waals surface area contributed by atoms with Crippen molar-refractivity contribution >= 4 is 21.8 Å². The Kier molecular flexibility index (Phi) is 7.14. The van der Waals surface area contributed by atoms with E-state index in [4.69, 9.17) is 0 Å². The Morgan fingerprint density at radius 1 is 1.11 bits per heavy atom. The van der Waals surface area contributed by atoms with Gasteiger partial charge in [-0.3, -0.25) is 4.79 Å². The van der Waals surface area contributed by atoms with E-state index in [1.54, 1.807) is 0 Å². The van der Waals surface area contributed by atoms with E-state index < -0.39 is 0 Å². The topological polar surface area (TPSA) is 29.1 Å². The Balaban J connectivity index is 2.90. The third-order valence-corrected chi connectivity index (χ3v) is 4.68. The maximum atomic E-state index is 12.1. The number of alkyl halides is 1. The van der Waals surface area contributed by atoms with Crippen LogP contribution in [0.5, 0.6) is 0 Å². The zero-order valence-electron chi connectivity index (χ0n) is 12.0. The van der Waals surface area contributed by atoms with Crippen LogP contribution in [0, 0.1) is 5.92 Å². The quantitative estimate of drug-likeness (QED) is 0.737. The van der Waals surface area contributed by atoms with Crippen LogP contribution in [0.2, 0.25) is 0 Å². The van der Waals surface area contributed by atoms with E-state index in [0.29, 0.717) is 5.92 Å². The lowest BCUT2D eigenvalue weighted by molar-refractivity contribution is -0.121. The van der Waals surface area contributed by atoms with Gasteiger partial charge in [-0.2, -0.15) is 0 Å². The van der Waals surface area contributed by atoms with Crippen LogP contribution < -0.4 is 5.32 Å². The van der Waals surface area contributed by atoms with Gasteiger partial charge in [0.05, 0.1) is 10.9 Å². The molecule has 0 spiro atoms. The van der Waals surface area contributed by atoms with Crippen molar-refractivity contribution in [3.8, 4) is 0 Å². The van der Waals surface area contributed by atoms with E-state index in [0.717, 1.165) is 19.3 Å². The van der Waals surface area contributed by atoms with Gasteiger partial charge in [-0.25, -0.2) is 0 Å². The highest BCUT2D eigenvalue weighted by molar-refractivity contribution is 9.10. The zero-order chi connectivity index (χ0) is 14.3. The van der Waals surface area contributed by atoms with Crippen molar-refractivity contribution in [1.82, 2.24) is 5.32 Å². The molecule has 0 heterocycles. The van der Waals surface area contributed by atoms with Crippen LogP contribution in [0.1, 0.15) is 51.6 Å². The molecule has 0 fully saturated rings. The summed E-state index contributed by atoms with van der Waals surface area (Å²) in [6, 6.07) is 10.4. The van der Waals surface area contributed by atoms with Gasteiger partial charge in [0.15, 0.2) is 0 Å². The first kappa shape index (κ1) is 16.2. The average Bonchev–Trinajstić information content (AvgIpc) is 2.47. The van der Waals surface area contributed by atoms with Gasteiger partial charge in [0.2, 0.25) is 5.91 Å². The molecule has 1 rings (SSSR count). The van der Waals surface area contributed by atoms with E-state index >= 15 is 0 Å². The fourth-order valence-corrected chi connectivity index (χ4v) is 2.46. The number of halogens is 1. The Bertz CT molecular complexity index is 376. The van der Waals surface area contributed by atoms with E-state index in [1.165, 1.54) is 5.56 Å². The molecule has 1 aromatic carbocycles. The minimum absolute atomic E-state index is 0.0863. The van der Waals surface area contributed by atoms with Gasteiger partial charge < -0.3 is 5.32 Å². The molecular formula is C16H24BrNO. The number of carbonyl (C=O) groups is 1. The molecule has 2 unspecified atom stereocenters. The van der Waals surface area contributed by atoms with Gasteiger partial charge >= 0.3 is 0 Å². The van der Waals surface area contributed by atoms with E-state index in [-0.39, 0.29) is 16.8 Å². The summed E-state index contributed by atoms with van der Waals surface area (Å²) in [6.45, 7) is 6.37. The molecule has 0 aliphatic heterocycles. The maximum Gasteiger partial charge on any atom is 0.234 e. The van der Waals surface area contributed by atoms with Crippen molar-refractivity contribution in [1.29, 1.82) is 0 Å². The van der Waals surface area contributed by atoms with Crippen LogP contribution in [-0.4, -0.2) is 10.7 Å². The number of rotatable bonds is 7. The standard InChI is InChI=1S/C16H24BrNO/c1-4-12(5-2)15(13-10-8-7-9-11-13)18-16(19)14(17)6-3/h7-12,14-15H,4-6H2,1-3H3,(H,18,19). The smallest absolute Gasteiger partial charge is 0.234 e. The van der Waals surface area contributed by atoms with Crippen LogP contribution >= 0.6 is 15.9 Å². The van der Waals surface area contributed by atoms with Gasteiger partial charge in [0.25, 0.3) is 0 Å². The molecule has 0 aromatic heterocycles. The monoisotopic (exact) mass is 325 g/mol. The first-order chi connectivity index (χ1) is 9.13. The summed E-state index contributed by atoms with van der Waals surface area (Å²) in [7, 11) is 0. The molecule has 2 atom stereocenters. The normalized spacial score (nSPS) is 14.2. The largest absolute Gasteiger partial charge is 0.348 e. The fourth-order valence-electron chi connectivity index (χ4n) is 2.32. The second-order valence-corrected chi connectivity index (χ2v) is 5.95. The lowest BCUT2D eigenvalue weighted by Gasteiger charge is -2.27. The van der Waals surface area contributed by atoms with Gasteiger partial charge in [0.1, 0.15) is 0 Å². The second-order valence-electron chi connectivity index (χ2n) is 4.85. The van der Waals surface area contributed by atoms with Crippen molar-refractivity contribution in [3.05, 3.63) is 35.9 Å². The number of hydrogen-bond donors (Lipinski definition) is 1. The first-order valence-corrected chi connectivity index (χ1v) is 8.04. The van der Waals surface area contributed by atoms with Gasteiger partial charge in [-0.1, -0.05) is 79.9 Å². The number of amides is 1. The Morgan fingerprint density at radius 2 is 1.68 bits per heavy atom. The highest BCUT2D eigenvalue weighted by Crippen LogP contribution is 2.27. The van der Waals surface area contributed by atoms with Crippen LogP contribution in [-0.2, 0) is 4.79 Å². The van der Waals surface area contributed by atoms with E-state index in [1.807, 2.05) is 25.1 Å². The Morgan fingerprint density at radius 3 is 2.16 bits per heavy atom. The van der Waals surface area contributed by atoms with Crippen molar-refractivity contribution in [2.45, 2.75) is 50.9 Å². The SMILES string of the molecule is CCC(Br)C(=O)NC(c1ccccc1)C(CC)CC. The fraction of sp³-hybridized carbons (Fsp3) is 0.562. The highest BCUT2D eigenvalue weighted by Gasteiger charge is 2.24. The molecule has 2 nitrogen and oxygen atoms in total. The summed E-state index contributed by atoms with van der Waals surface area (Å²) in [5.74, 6) is 0.561. The third kappa shape index (κ3) is 4.64. The minimum atomic E-state index is -0.104. The third-order valence-electron chi connectivity index (χ3n) is 3.62. The van der Waals surface area contributed by atoms with Gasteiger partial charge in [-0.15, -0.1) is 0 Å². The molecule has 3 heteroatoms. The lowest BCUT2D eigenvalue weighted by atomic mass is 9.88. The van der Waals surface area contributed by atoms with Crippen LogP contribution in [0.15, 0.2) is 30.3 Å². The predicted molar refractivity (Wildman–Crippen MR) is 84.4 cm³/mol. The molecule has 0 saturated carbocycles. The van der Waals surface area contributed by atoms with Crippen LogP contribution in [0.4, 0.5) is 0 Å². The maximum absolute atomic E-state index is 12.1. The van der Waals surface area contributed by atoms with Crippen molar-refractivity contribution in [2.75, 3.05) is 0 Å². The van der Waals surface area contributed by atoms with Crippen molar-refractivity contribution in [3.63, 3.8) is 0 Å². The van der Waals surface area contributed by atoms with E-state index in [2.05, 4.69) is 47.2 Å². The van der Waals surface area contributed by atoms with E-state index in [9.17, 15) is 4.79 Å². The predicted octanol–water partition coefficient (Wildman–Crippen LogP) is 4.45. The molecule has 0 radical (unpaired) electrons. The van der Waals surface area contributed by atoms with Crippen molar-refractivity contribution < 1.29 is 4.79 Å². The zero-order valence-corrected chi connectivity index (χ0v) is 13.6. The number of carbonyl (C=O) groups excluding carboxylic acids is 1. The molecule has 0 aliphatic carbocycles. The highest BCUT2D eigenvalue weighted by atomic mass is 79.9. The summed E-state index contributed by atoms with van der Waals surface area (Å²) >= 11 is 3.42. The summed E-state index contributed by atoms with van der Waals surface area (Å²) in [4.78, 5) is 12.0.